The van der Waals surface area contributed by atoms with Crippen molar-refractivity contribution in [2.45, 2.75) is 13.0 Å². The average molecular weight is 397 g/mol. The highest BCUT2D eigenvalue weighted by Gasteiger charge is 2.29. The van der Waals surface area contributed by atoms with E-state index in [-0.39, 0.29) is 11.8 Å². The summed E-state index contributed by atoms with van der Waals surface area (Å²) in [4.78, 5) is 19.7. The van der Waals surface area contributed by atoms with Gasteiger partial charge in [-0.3, -0.25) is 19.8 Å². The van der Waals surface area contributed by atoms with Gasteiger partial charge in [-0.1, -0.05) is 60.7 Å². The molecular formula is C24H23N5O. The molecule has 1 aliphatic heterocycles. The first-order valence-corrected chi connectivity index (χ1v) is 10.2. The number of amides is 1. The third-order valence-electron chi connectivity index (χ3n) is 5.65. The van der Waals surface area contributed by atoms with Crippen LogP contribution in [0.15, 0.2) is 72.9 Å². The molecule has 0 aliphatic carbocycles. The number of nitrogens with one attached hydrogen (secondary N) is 2. The summed E-state index contributed by atoms with van der Waals surface area (Å²) < 4.78 is 0. The highest BCUT2D eigenvalue weighted by atomic mass is 16.2. The van der Waals surface area contributed by atoms with E-state index in [4.69, 9.17) is 0 Å². The SMILES string of the molecule is O=C(Nc1n[nH]c2cc(-c3ccccc3)ncc12)C1CCN(Cc2ccccc2)C1. The predicted molar refractivity (Wildman–Crippen MR) is 118 cm³/mol. The van der Waals surface area contributed by atoms with Crippen molar-refractivity contribution in [3.63, 3.8) is 0 Å². The van der Waals surface area contributed by atoms with E-state index in [1.165, 1.54) is 5.56 Å². The first kappa shape index (κ1) is 18.5. The molecule has 0 spiro atoms. The zero-order valence-electron chi connectivity index (χ0n) is 16.6. The van der Waals surface area contributed by atoms with Crippen LogP contribution in [0.25, 0.3) is 22.2 Å². The Labute approximate surface area is 174 Å². The number of fused-ring (bicyclic) bond motifs is 1. The van der Waals surface area contributed by atoms with E-state index in [0.717, 1.165) is 48.2 Å². The maximum atomic E-state index is 12.8. The standard InChI is InChI=1S/C24H23N5O/c30-24(19-11-12-29(16-19)15-17-7-3-1-4-8-17)26-23-20-14-25-21(13-22(20)27-28-23)18-9-5-2-6-10-18/h1-10,13-14,19H,11-12,15-16H2,(H2,26,27,28,30). The molecular weight excluding hydrogens is 374 g/mol. The second-order valence-electron chi connectivity index (χ2n) is 7.75. The number of benzene rings is 2. The largest absolute Gasteiger partial charge is 0.308 e. The Morgan fingerprint density at radius 2 is 1.87 bits per heavy atom. The number of hydrogen-bond donors (Lipinski definition) is 2. The quantitative estimate of drug-likeness (QED) is 0.532. The molecule has 1 aliphatic rings. The van der Waals surface area contributed by atoms with Gasteiger partial charge in [0.2, 0.25) is 5.91 Å². The fourth-order valence-corrected chi connectivity index (χ4v) is 4.03. The minimum Gasteiger partial charge on any atom is -0.308 e. The van der Waals surface area contributed by atoms with E-state index in [0.29, 0.717) is 5.82 Å². The van der Waals surface area contributed by atoms with Gasteiger partial charge in [-0.25, -0.2) is 0 Å². The maximum absolute atomic E-state index is 12.8. The molecule has 2 aromatic heterocycles. The minimum atomic E-state index is -0.0305. The van der Waals surface area contributed by atoms with Gasteiger partial charge in [0.05, 0.1) is 22.5 Å². The summed E-state index contributed by atoms with van der Waals surface area (Å²) in [5.41, 5.74) is 4.05. The lowest BCUT2D eigenvalue weighted by Crippen LogP contribution is -2.27. The summed E-state index contributed by atoms with van der Waals surface area (Å²) >= 11 is 0. The Kier molecular flexibility index (Phi) is 4.99. The number of hydrogen-bond acceptors (Lipinski definition) is 4. The van der Waals surface area contributed by atoms with E-state index in [2.05, 4.69) is 49.7 Å². The molecule has 30 heavy (non-hydrogen) atoms. The molecule has 150 valence electrons. The van der Waals surface area contributed by atoms with Crippen LogP contribution >= 0.6 is 0 Å². The van der Waals surface area contributed by atoms with E-state index < -0.39 is 0 Å². The van der Waals surface area contributed by atoms with Crippen LogP contribution in [0.1, 0.15) is 12.0 Å². The van der Waals surface area contributed by atoms with Gasteiger partial charge >= 0.3 is 0 Å². The molecule has 5 rings (SSSR count). The Morgan fingerprint density at radius 1 is 1.10 bits per heavy atom. The molecule has 1 fully saturated rings. The number of carbonyl (C=O) groups is 1. The Bertz CT molecular complexity index is 1160. The van der Waals surface area contributed by atoms with Crippen molar-refractivity contribution in [1.29, 1.82) is 0 Å². The Balaban J connectivity index is 1.26. The fourth-order valence-electron chi connectivity index (χ4n) is 4.03. The minimum absolute atomic E-state index is 0.0195. The highest BCUT2D eigenvalue weighted by Crippen LogP contribution is 2.26. The normalized spacial score (nSPS) is 16.7. The second kappa shape index (κ2) is 8.08. The summed E-state index contributed by atoms with van der Waals surface area (Å²) in [7, 11) is 0. The second-order valence-corrected chi connectivity index (χ2v) is 7.75. The number of aromatic amines is 1. The number of anilines is 1. The Hall–Kier alpha value is -3.51. The average Bonchev–Trinajstić information content (AvgIpc) is 3.42. The smallest absolute Gasteiger partial charge is 0.230 e. The molecule has 2 N–H and O–H groups in total. The molecule has 3 heterocycles. The van der Waals surface area contributed by atoms with Crippen LogP contribution in [0.4, 0.5) is 5.82 Å². The van der Waals surface area contributed by atoms with E-state index in [9.17, 15) is 4.79 Å². The molecule has 1 atom stereocenters. The summed E-state index contributed by atoms with van der Waals surface area (Å²) in [5, 5.41) is 11.2. The number of carbonyl (C=O) groups excluding carboxylic acids is 1. The first-order chi connectivity index (χ1) is 14.8. The fraction of sp³-hybridized carbons (Fsp3) is 0.208. The number of H-pyrrole nitrogens is 1. The van der Waals surface area contributed by atoms with Gasteiger partial charge in [0.15, 0.2) is 5.82 Å². The summed E-state index contributed by atoms with van der Waals surface area (Å²) in [6.45, 7) is 2.57. The molecule has 0 bridgehead atoms. The van der Waals surface area contributed by atoms with Crippen molar-refractivity contribution in [2.75, 3.05) is 18.4 Å². The van der Waals surface area contributed by atoms with E-state index in [1.807, 2.05) is 42.5 Å². The molecule has 2 aromatic carbocycles. The number of likely N-dealkylation sites (tertiary alicyclic amines) is 1. The van der Waals surface area contributed by atoms with Crippen LogP contribution in [0.3, 0.4) is 0 Å². The van der Waals surface area contributed by atoms with E-state index in [1.54, 1.807) is 6.20 Å². The number of aromatic nitrogens is 3. The van der Waals surface area contributed by atoms with Gasteiger partial charge in [-0.05, 0) is 24.6 Å². The van der Waals surface area contributed by atoms with Crippen molar-refractivity contribution in [3.05, 3.63) is 78.5 Å². The molecule has 1 saturated heterocycles. The van der Waals surface area contributed by atoms with Crippen molar-refractivity contribution in [1.82, 2.24) is 20.1 Å². The highest BCUT2D eigenvalue weighted by molar-refractivity contribution is 6.00. The number of pyridine rings is 1. The third kappa shape index (κ3) is 3.82. The predicted octanol–water partition coefficient (Wildman–Crippen LogP) is 4.09. The van der Waals surface area contributed by atoms with Gasteiger partial charge in [0.25, 0.3) is 0 Å². The summed E-state index contributed by atoms with van der Waals surface area (Å²) in [6.07, 6.45) is 2.63. The number of nitrogens with zero attached hydrogens (tertiary/aromatic N) is 3. The van der Waals surface area contributed by atoms with Crippen LogP contribution in [0.2, 0.25) is 0 Å². The van der Waals surface area contributed by atoms with Gasteiger partial charge in [0, 0.05) is 24.8 Å². The van der Waals surface area contributed by atoms with Crippen LogP contribution in [0, 0.1) is 5.92 Å². The molecule has 6 heteroatoms. The molecule has 1 amide bonds. The molecule has 6 nitrogen and oxygen atoms in total. The lowest BCUT2D eigenvalue weighted by atomic mass is 10.1. The van der Waals surface area contributed by atoms with Crippen LogP contribution in [-0.4, -0.2) is 39.1 Å². The van der Waals surface area contributed by atoms with Crippen molar-refractivity contribution in [3.8, 4) is 11.3 Å². The summed E-state index contributed by atoms with van der Waals surface area (Å²) in [5.74, 6) is 0.534. The van der Waals surface area contributed by atoms with Crippen LogP contribution in [-0.2, 0) is 11.3 Å². The first-order valence-electron chi connectivity index (χ1n) is 10.2. The zero-order chi connectivity index (χ0) is 20.3. The Morgan fingerprint density at radius 3 is 2.67 bits per heavy atom. The van der Waals surface area contributed by atoms with Crippen molar-refractivity contribution < 1.29 is 4.79 Å². The van der Waals surface area contributed by atoms with Crippen molar-refractivity contribution in [2.24, 2.45) is 5.92 Å². The van der Waals surface area contributed by atoms with Gasteiger partial charge < -0.3 is 5.32 Å². The monoisotopic (exact) mass is 397 g/mol. The topological polar surface area (TPSA) is 73.9 Å². The lowest BCUT2D eigenvalue weighted by Gasteiger charge is -2.15. The summed E-state index contributed by atoms with van der Waals surface area (Å²) in [6, 6.07) is 22.3. The van der Waals surface area contributed by atoms with Gasteiger partial charge in [0.1, 0.15) is 0 Å². The maximum Gasteiger partial charge on any atom is 0.230 e. The van der Waals surface area contributed by atoms with Crippen molar-refractivity contribution >= 4 is 22.6 Å². The third-order valence-corrected chi connectivity index (χ3v) is 5.65. The van der Waals surface area contributed by atoms with Gasteiger partial charge in [-0.2, -0.15) is 5.10 Å². The molecule has 0 radical (unpaired) electrons. The lowest BCUT2D eigenvalue weighted by molar-refractivity contribution is -0.119. The van der Waals surface area contributed by atoms with E-state index >= 15 is 0 Å². The molecule has 0 saturated carbocycles. The van der Waals surface area contributed by atoms with Crippen LogP contribution in [0.5, 0.6) is 0 Å². The van der Waals surface area contributed by atoms with Gasteiger partial charge in [-0.15, -0.1) is 0 Å². The van der Waals surface area contributed by atoms with Crippen LogP contribution < -0.4 is 5.32 Å². The zero-order valence-corrected chi connectivity index (χ0v) is 16.6. The number of rotatable bonds is 5. The molecule has 1 unspecified atom stereocenters. The molecule has 4 aromatic rings.